The highest BCUT2D eigenvalue weighted by molar-refractivity contribution is 7.87. The number of piperidine rings is 1. The number of aromatic nitrogens is 2. The Kier molecular flexibility index (Phi) is 5.03. The topological polar surface area (TPSA) is 67.2 Å². The highest BCUT2D eigenvalue weighted by Crippen LogP contribution is 2.24. The fourth-order valence-electron chi connectivity index (χ4n) is 3.02. The molecular weight excluding hydrogens is 324 g/mol. The third kappa shape index (κ3) is 3.68. The maximum Gasteiger partial charge on any atom is 0.280 e. The second-order valence-electron chi connectivity index (χ2n) is 6.44. The average molecular weight is 348 g/mol. The van der Waals surface area contributed by atoms with Gasteiger partial charge in [-0.3, -0.25) is 0 Å². The van der Waals surface area contributed by atoms with Gasteiger partial charge in [0, 0.05) is 32.5 Å². The highest BCUT2D eigenvalue weighted by Gasteiger charge is 2.31. The molecule has 1 aromatic heterocycles. The Hall–Kier alpha value is -1.70. The minimum Gasteiger partial charge on any atom is -0.336 e. The first-order valence-electron chi connectivity index (χ1n) is 8.27. The molecule has 2 heterocycles. The number of hydrogen-bond donors (Lipinski definition) is 1. The van der Waals surface area contributed by atoms with Gasteiger partial charge in [0.25, 0.3) is 10.2 Å². The minimum atomic E-state index is -3.57. The zero-order chi connectivity index (χ0) is 17.2. The summed E-state index contributed by atoms with van der Waals surface area (Å²) in [5, 5.41) is 0. The molecular formula is C17H24N4O2S. The molecule has 6 nitrogen and oxygen atoms in total. The first-order chi connectivity index (χ1) is 11.5. The number of imidazole rings is 1. The lowest BCUT2D eigenvalue weighted by molar-refractivity contribution is 0.284. The van der Waals surface area contributed by atoms with Crippen molar-refractivity contribution < 1.29 is 8.42 Å². The Labute approximate surface area is 143 Å². The molecule has 1 aliphatic heterocycles. The molecule has 2 aromatic rings. The van der Waals surface area contributed by atoms with Crippen LogP contribution in [0.4, 0.5) is 0 Å². The molecule has 0 aliphatic carbocycles. The van der Waals surface area contributed by atoms with E-state index in [9.17, 15) is 8.42 Å². The SMILES string of the molecule is CC1CCN(S(=O)(=O)N[C@@H](c2ccccc2)c2nccn2C)CC1. The van der Waals surface area contributed by atoms with Gasteiger partial charge in [-0.1, -0.05) is 37.3 Å². The molecule has 130 valence electrons. The lowest BCUT2D eigenvalue weighted by Gasteiger charge is -2.31. The molecule has 1 aromatic carbocycles. The van der Waals surface area contributed by atoms with Crippen LogP contribution in [0.2, 0.25) is 0 Å². The van der Waals surface area contributed by atoms with E-state index in [2.05, 4.69) is 16.6 Å². The number of aryl methyl sites for hydroxylation is 1. The summed E-state index contributed by atoms with van der Waals surface area (Å²) in [6.07, 6.45) is 5.31. The maximum absolute atomic E-state index is 12.9. The van der Waals surface area contributed by atoms with Crippen molar-refractivity contribution in [2.24, 2.45) is 13.0 Å². The van der Waals surface area contributed by atoms with Gasteiger partial charge in [0.2, 0.25) is 0 Å². The van der Waals surface area contributed by atoms with Crippen molar-refractivity contribution in [2.45, 2.75) is 25.8 Å². The summed E-state index contributed by atoms with van der Waals surface area (Å²) >= 11 is 0. The van der Waals surface area contributed by atoms with Crippen LogP contribution in [-0.4, -0.2) is 35.4 Å². The predicted molar refractivity (Wildman–Crippen MR) is 93.5 cm³/mol. The number of rotatable bonds is 5. The van der Waals surface area contributed by atoms with Crippen LogP contribution in [-0.2, 0) is 17.3 Å². The van der Waals surface area contributed by atoms with Gasteiger partial charge in [0.05, 0.1) is 0 Å². The molecule has 1 N–H and O–H groups in total. The summed E-state index contributed by atoms with van der Waals surface area (Å²) in [6.45, 7) is 3.30. The minimum absolute atomic E-state index is 0.504. The van der Waals surface area contributed by atoms with E-state index in [1.807, 2.05) is 48.1 Å². The van der Waals surface area contributed by atoms with E-state index in [0.717, 1.165) is 18.4 Å². The van der Waals surface area contributed by atoms with Crippen molar-refractivity contribution in [1.82, 2.24) is 18.6 Å². The van der Waals surface area contributed by atoms with Gasteiger partial charge in [0.15, 0.2) is 0 Å². The molecule has 1 atom stereocenters. The van der Waals surface area contributed by atoms with Crippen LogP contribution in [0.5, 0.6) is 0 Å². The van der Waals surface area contributed by atoms with Crippen molar-refractivity contribution in [2.75, 3.05) is 13.1 Å². The molecule has 24 heavy (non-hydrogen) atoms. The average Bonchev–Trinajstić information content (AvgIpc) is 3.00. The predicted octanol–water partition coefficient (Wildman–Crippen LogP) is 2.08. The molecule has 0 saturated carbocycles. The summed E-state index contributed by atoms with van der Waals surface area (Å²) < 4.78 is 32.0. The fraction of sp³-hybridized carbons (Fsp3) is 0.471. The van der Waals surface area contributed by atoms with E-state index in [0.29, 0.717) is 24.8 Å². The van der Waals surface area contributed by atoms with Gasteiger partial charge in [0.1, 0.15) is 11.9 Å². The van der Waals surface area contributed by atoms with Crippen LogP contribution in [0.1, 0.15) is 37.2 Å². The summed E-state index contributed by atoms with van der Waals surface area (Å²) in [5.74, 6) is 1.26. The van der Waals surface area contributed by atoms with Gasteiger partial charge in [-0.05, 0) is 24.3 Å². The number of benzene rings is 1. The van der Waals surface area contributed by atoms with Gasteiger partial charge in [-0.2, -0.15) is 17.4 Å². The first-order valence-corrected chi connectivity index (χ1v) is 9.71. The van der Waals surface area contributed by atoms with E-state index in [1.165, 1.54) is 0 Å². The lowest BCUT2D eigenvalue weighted by Crippen LogP contribution is -2.46. The number of hydrogen-bond acceptors (Lipinski definition) is 3. The van der Waals surface area contributed by atoms with Gasteiger partial charge >= 0.3 is 0 Å². The summed E-state index contributed by atoms with van der Waals surface area (Å²) in [6, 6.07) is 9.06. The monoisotopic (exact) mass is 348 g/mol. The van der Waals surface area contributed by atoms with E-state index < -0.39 is 16.3 Å². The zero-order valence-electron chi connectivity index (χ0n) is 14.1. The lowest BCUT2D eigenvalue weighted by atomic mass is 10.0. The first kappa shape index (κ1) is 17.1. The molecule has 1 saturated heterocycles. The molecule has 0 bridgehead atoms. The van der Waals surface area contributed by atoms with Crippen LogP contribution < -0.4 is 4.72 Å². The maximum atomic E-state index is 12.9. The normalized spacial score (nSPS) is 18.6. The van der Waals surface area contributed by atoms with Crippen molar-refractivity contribution in [3.8, 4) is 0 Å². The van der Waals surface area contributed by atoms with Crippen LogP contribution in [0, 0.1) is 5.92 Å². The Balaban J connectivity index is 1.88. The van der Waals surface area contributed by atoms with Crippen LogP contribution in [0.15, 0.2) is 42.7 Å². The van der Waals surface area contributed by atoms with Crippen molar-refractivity contribution in [1.29, 1.82) is 0 Å². The smallest absolute Gasteiger partial charge is 0.280 e. The summed E-state index contributed by atoms with van der Waals surface area (Å²) in [7, 11) is -1.70. The Morgan fingerprint density at radius 3 is 2.46 bits per heavy atom. The second kappa shape index (κ2) is 7.04. The fourth-order valence-corrected chi connectivity index (χ4v) is 4.40. The molecule has 0 amide bonds. The van der Waals surface area contributed by atoms with Gasteiger partial charge < -0.3 is 4.57 Å². The third-order valence-corrected chi connectivity index (χ3v) is 6.18. The molecule has 1 aliphatic rings. The van der Waals surface area contributed by atoms with Crippen LogP contribution >= 0.6 is 0 Å². The molecule has 0 radical (unpaired) electrons. The van der Waals surface area contributed by atoms with Crippen LogP contribution in [0.25, 0.3) is 0 Å². The van der Waals surface area contributed by atoms with Gasteiger partial charge in [-0.15, -0.1) is 0 Å². The van der Waals surface area contributed by atoms with Crippen molar-refractivity contribution in [3.05, 3.63) is 54.1 Å². The molecule has 7 heteroatoms. The standard InChI is InChI=1S/C17H24N4O2S/c1-14-8-11-21(12-9-14)24(22,23)19-16(15-6-4-3-5-7-15)17-18-10-13-20(17)2/h3-7,10,13-14,16,19H,8-9,11-12H2,1-2H3/t16-/m0/s1. The summed E-state index contributed by atoms with van der Waals surface area (Å²) in [5.41, 5.74) is 0.876. The van der Waals surface area contributed by atoms with E-state index in [1.54, 1.807) is 10.5 Å². The van der Waals surface area contributed by atoms with Crippen LogP contribution in [0.3, 0.4) is 0 Å². The van der Waals surface area contributed by atoms with E-state index >= 15 is 0 Å². The third-order valence-electron chi connectivity index (χ3n) is 4.60. The Bertz CT molecular complexity index is 765. The quantitative estimate of drug-likeness (QED) is 0.899. The molecule has 3 rings (SSSR count). The highest BCUT2D eigenvalue weighted by atomic mass is 32.2. The Morgan fingerprint density at radius 1 is 1.21 bits per heavy atom. The van der Waals surface area contributed by atoms with E-state index in [-0.39, 0.29) is 0 Å². The largest absolute Gasteiger partial charge is 0.336 e. The number of nitrogens with one attached hydrogen (secondary N) is 1. The van der Waals surface area contributed by atoms with Gasteiger partial charge in [-0.25, -0.2) is 4.98 Å². The van der Waals surface area contributed by atoms with E-state index in [4.69, 9.17) is 0 Å². The Morgan fingerprint density at radius 2 is 1.88 bits per heavy atom. The summed E-state index contributed by atoms with van der Waals surface area (Å²) in [4.78, 5) is 4.35. The number of nitrogens with zero attached hydrogens (tertiary/aromatic N) is 3. The van der Waals surface area contributed by atoms with Crippen molar-refractivity contribution >= 4 is 10.2 Å². The molecule has 0 unspecified atom stereocenters. The molecule has 0 spiro atoms. The second-order valence-corrected chi connectivity index (χ2v) is 8.15. The molecule has 1 fully saturated rings. The van der Waals surface area contributed by atoms with Crippen molar-refractivity contribution in [3.63, 3.8) is 0 Å². The zero-order valence-corrected chi connectivity index (χ0v) is 14.9.